The molecule has 39 heavy (non-hydrogen) atoms. The molecule has 1 aliphatic rings. The molecule has 0 aromatic heterocycles. The van der Waals surface area contributed by atoms with Gasteiger partial charge in [-0.25, -0.2) is 0 Å². The van der Waals surface area contributed by atoms with Crippen LogP contribution in [-0.4, -0.2) is 48.8 Å². The minimum absolute atomic E-state index is 0.0745. The summed E-state index contributed by atoms with van der Waals surface area (Å²) in [5, 5.41) is 2.89. The number of hydrogen-bond donors (Lipinski definition) is 1. The summed E-state index contributed by atoms with van der Waals surface area (Å²) in [4.78, 5) is 39.4. The van der Waals surface area contributed by atoms with Gasteiger partial charge in [0.1, 0.15) is 12.4 Å². The summed E-state index contributed by atoms with van der Waals surface area (Å²) in [6.07, 6.45) is 1.57. The van der Waals surface area contributed by atoms with Gasteiger partial charge in [-0.3, -0.25) is 19.3 Å². The lowest BCUT2D eigenvalue weighted by atomic mass is 10.2. The molecule has 3 aromatic carbocycles. The van der Waals surface area contributed by atoms with Crippen LogP contribution in [0.25, 0.3) is 6.08 Å². The zero-order chi connectivity index (χ0) is 27.9. The number of rotatable bonds is 10. The average Bonchev–Trinajstić information content (AvgIpc) is 3.18. The number of nitrogens with one attached hydrogen (secondary N) is 1. The van der Waals surface area contributed by atoms with Crippen LogP contribution in [0, 0.1) is 6.92 Å². The van der Waals surface area contributed by atoms with Gasteiger partial charge in [0.2, 0.25) is 0 Å². The lowest BCUT2D eigenvalue weighted by Gasteiger charge is -2.14. The highest BCUT2D eigenvalue weighted by atomic mass is 79.9. The van der Waals surface area contributed by atoms with Gasteiger partial charge in [0, 0.05) is 20.7 Å². The summed E-state index contributed by atoms with van der Waals surface area (Å²) in [6.45, 7) is 1.79. The lowest BCUT2D eigenvalue weighted by Crippen LogP contribution is -2.32. The van der Waals surface area contributed by atoms with Crippen molar-refractivity contribution < 1.29 is 28.6 Å². The Balaban J connectivity index is 1.40. The van der Waals surface area contributed by atoms with Crippen LogP contribution in [0.2, 0.25) is 5.02 Å². The van der Waals surface area contributed by atoms with Crippen LogP contribution in [0.1, 0.15) is 11.1 Å². The van der Waals surface area contributed by atoms with E-state index in [1.807, 2.05) is 19.1 Å². The Kier molecular flexibility index (Phi) is 9.55. The van der Waals surface area contributed by atoms with E-state index in [9.17, 15) is 14.4 Å². The largest absolute Gasteiger partial charge is 0.493 e. The number of nitrogens with zero attached hydrogens (tertiary/aromatic N) is 1. The minimum Gasteiger partial charge on any atom is -0.493 e. The van der Waals surface area contributed by atoms with E-state index < -0.39 is 11.1 Å². The molecule has 202 valence electrons. The number of hydrogen-bond acceptors (Lipinski definition) is 7. The first-order valence-electron chi connectivity index (χ1n) is 11.7. The molecule has 1 saturated heterocycles. The average molecular weight is 632 g/mol. The number of thioether (sulfide) groups is 1. The molecule has 3 amide bonds. The predicted octanol–water partition coefficient (Wildman–Crippen LogP) is 6.55. The normalized spacial score (nSPS) is 14.1. The molecule has 3 aromatic rings. The summed E-state index contributed by atoms with van der Waals surface area (Å²) >= 11 is 10.4. The molecule has 0 bridgehead atoms. The van der Waals surface area contributed by atoms with Crippen LogP contribution >= 0.6 is 39.3 Å². The van der Waals surface area contributed by atoms with Gasteiger partial charge in [-0.05, 0) is 72.8 Å². The van der Waals surface area contributed by atoms with Gasteiger partial charge in [0.05, 0.1) is 18.6 Å². The van der Waals surface area contributed by atoms with Crippen molar-refractivity contribution in [3.8, 4) is 17.2 Å². The fourth-order valence-electron chi connectivity index (χ4n) is 3.59. The molecular weight excluding hydrogens is 608 g/mol. The molecule has 1 aliphatic heterocycles. The van der Waals surface area contributed by atoms with E-state index in [4.69, 9.17) is 25.8 Å². The Morgan fingerprint density at radius 2 is 1.82 bits per heavy atom. The molecule has 0 unspecified atom stereocenters. The monoisotopic (exact) mass is 630 g/mol. The molecule has 11 heteroatoms. The third-order valence-electron chi connectivity index (χ3n) is 5.59. The first-order chi connectivity index (χ1) is 18.7. The Bertz CT molecular complexity index is 1450. The SMILES string of the molecule is COc1ccccc1OCCN1C(=O)S/C(=C\c2cc(Br)ccc2OCC(=O)Nc2ccc(C)c(Cl)c2)C1=O. The van der Waals surface area contributed by atoms with E-state index >= 15 is 0 Å². The molecule has 4 rings (SSSR count). The molecule has 1 fully saturated rings. The molecule has 0 spiro atoms. The second kappa shape index (κ2) is 13.1. The maximum Gasteiger partial charge on any atom is 0.293 e. The lowest BCUT2D eigenvalue weighted by molar-refractivity contribution is -0.123. The van der Waals surface area contributed by atoms with Crippen molar-refractivity contribution in [3.63, 3.8) is 0 Å². The van der Waals surface area contributed by atoms with Crippen molar-refractivity contribution in [1.82, 2.24) is 4.90 Å². The molecular formula is C28H24BrClN2O6S. The zero-order valence-corrected chi connectivity index (χ0v) is 24.2. The van der Waals surface area contributed by atoms with Crippen molar-refractivity contribution in [2.45, 2.75) is 6.92 Å². The molecule has 0 saturated carbocycles. The number of amides is 3. The predicted molar refractivity (Wildman–Crippen MR) is 156 cm³/mol. The van der Waals surface area contributed by atoms with Crippen LogP contribution in [0.3, 0.4) is 0 Å². The Morgan fingerprint density at radius 1 is 1.05 bits per heavy atom. The molecule has 8 nitrogen and oxygen atoms in total. The van der Waals surface area contributed by atoms with Gasteiger partial charge < -0.3 is 19.5 Å². The number of imide groups is 1. The first kappa shape index (κ1) is 28.5. The van der Waals surface area contributed by atoms with E-state index in [1.165, 1.54) is 7.11 Å². The van der Waals surface area contributed by atoms with Crippen LogP contribution < -0.4 is 19.5 Å². The van der Waals surface area contributed by atoms with Crippen LogP contribution in [0.5, 0.6) is 17.2 Å². The minimum atomic E-state index is -0.437. The van der Waals surface area contributed by atoms with Gasteiger partial charge in [-0.2, -0.15) is 0 Å². The summed E-state index contributed by atoms with van der Waals surface area (Å²) in [7, 11) is 1.54. The second-order valence-electron chi connectivity index (χ2n) is 8.32. The quantitative estimate of drug-likeness (QED) is 0.254. The van der Waals surface area contributed by atoms with Crippen molar-refractivity contribution in [3.05, 3.63) is 86.2 Å². The van der Waals surface area contributed by atoms with Crippen LogP contribution in [0.15, 0.2) is 70.0 Å². The fraction of sp³-hybridized carbons (Fsp3) is 0.179. The van der Waals surface area contributed by atoms with Gasteiger partial charge in [0.25, 0.3) is 17.1 Å². The molecule has 1 heterocycles. The number of ether oxygens (including phenoxy) is 3. The number of anilines is 1. The smallest absolute Gasteiger partial charge is 0.293 e. The second-order valence-corrected chi connectivity index (χ2v) is 10.6. The van der Waals surface area contributed by atoms with E-state index in [-0.39, 0.29) is 30.6 Å². The third kappa shape index (κ3) is 7.35. The number of carbonyl (C=O) groups is 3. The summed E-state index contributed by atoms with van der Waals surface area (Å²) in [6, 6.07) is 17.5. The number of methoxy groups -OCH3 is 1. The summed E-state index contributed by atoms with van der Waals surface area (Å²) in [5.74, 6) is 0.646. The van der Waals surface area contributed by atoms with E-state index in [2.05, 4.69) is 21.2 Å². The summed E-state index contributed by atoms with van der Waals surface area (Å²) in [5.41, 5.74) is 1.99. The number of aryl methyl sites for hydroxylation is 1. The Morgan fingerprint density at radius 3 is 2.56 bits per heavy atom. The highest BCUT2D eigenvalue weighted by Gasteiger charge is 2.35. The molecule has 0 atom stereocenters. The van der Waals surface area contributed by atoms with E-state index in [0.29, 0.717) is 33.5 Å². The van der Waals surface area contributed by atoms with Gasteiger partial charge >= 0.3 is 0 Å². The van der Waals surface area contributed by atoms with Crippen LogP contribution in [-0.2, 0) is 9.59 Å². The zero-order valence-electron chi connectivity index (χ0n) is 21.0. The fourth-order valence-corrected chi connectivity index (χ4v) is 5.01. The van der Waals surface area contributed by atoms with Crippen molar-refractivity contribution in [1.29, 1.82) is 0 Å². The number of carbonyl (C=O) groups excluding carboxylic acids is 3. The Hall–Kier alpha value is -3.47. The van der Waals surface area contributed by atoms with Crippen molar-refractivity contribution >= 4 is 68.1 Å². The van der Waals surface area contributed by atoms with E-state index in [0.717, 1.165) is 26.7 Å². The molecule has 0 radical (unpaired) electrons. The van der Waals surface area contributed by atoms with Gasteiger partial charge in [-0.15, -0.1) is 0 Å². The molecule has 0 aliphatic carbocycles. The van der Waals surface area contributed by atoms with Crippen molar-refractivity contribution in [2.24, 2.45) is 0 Å². The van der Waals surface area contributed by atoms with Crippen LogP contribution in [0.4, 0.5) is 10.5 Å². The number of para-hydroxylation sites is 2. The topological polar surface area (TPSA) is 94.2 Å². The summed E-state index contributed by atoms with van der Waals surface area (Å²) < 4.78 is 17.5. The standard InChI is InChI=1S/C28H24BrClN2O6S/c1-17-7-9-20(15-21(17)30)31-26(33)16-38-22-10-8-19(29)13-18(22)14-25-27(34)32(28(35)39-25)11-12-37-24-6-4-3-5-23(24)36-2/h3-10,13-15H,11-12,16H2,1-2H3,(H,31,33)/b25-14-. The van der Waals surface area contributed by atoms with Gasteiger partial charge in [0.15, 0.2) is 18.1 Å². The highest BCUT2D eigenvalue weighted by Crippen LogP contribution is 2.35. The third-order valence-corrected chi connectivity index (χ3v) is 7.40. The van der Waals surface area contributed by atoms with Gasteiger partial charge in [-0.1, -0.05) is 45.7 Å². The maximum absolute atomic E-state index is 13.0. The Labute approximate surface area is 243 Å². The number of halogens is 2. The molecule has 1 N–H and O–H groups in total. The first-order valence-corrected chi connectivity index (χ1v) is 13.7. The number of benzene rings is 3. The van der Waals surface area contributed by atoms with E-state index in [1.54, 1.807) is 54.6 Å². The highest BCUT2D eigenvalue weighted by molar-refractivity contribution is 9.10. The van der Waals surface area contributed by atoms with Crippen molar-refractivity contribution in [2.75, 3.05) is 32.2 Å². The maximum atomic E-state index is 13.0.